The lowest BCUT2D eigenvalue weighted by atomic mass is 10.1. The van der Waals surface area contributed by atoms with Gasteiger partial charge in [-0.15, -0.1) is 0 Å². The van der Waals surface area contributed by atoms with Gasteiger partial charge in [-0.1, -0.05) is 48.5 Å². The monoisotopic (exact) mass is 488 g/mol. The number of benzene rings is 3. The summed E-state index contributed by atoms with van der Waals surface area (Å²) < 4.78 is 34.0. The van der Waals surface area contributed by atoms with E-state index >= 15 is 0 Å². The molecule has 178 valence electrons. The van der Waals surface area contributed by atoms with Crippen LogP contribution in [0.25, 0.3) is 16.9 Å². The molecule has 4 aromatic rings. The predicted molar refractivity (Wildman–Crippen MR) is 133 cm³/mol. The Morgan fingerprint density at radius 3 is 2.14 bits per heavy atom. The van der Waals surface area contributed by atoms with Crippen LogP contribution in [-0.2, 0) is 14.8 Å². The first kappa shape index (κ1) is 23.0. The predicted octanol–water partition coefficient (Wildman–Crippen LogP) is 3.81. The van der Waals surface area contributed by atoms with Crippen LogP contribution in [0.3, 0.4) is 0 Å². The van der Waals surface area contributed by atoms with E-state index in [-0.39, 0.29) is 10.8 Å². The fraction of sp³-hybridized carbons (Fsp3) is 0.154. The van der Waals surface area contributed by atoms with Crippen LogP contribution in [0.4, 0.5) is 5.69 Å². The number of morpholine rings is 1. The summed E-state index contributed by atoms with van der Waals surface area (Å²) >= 11 is 0. The zero-order chi connectivity index (χ0) is 24.3. The molecule has 0 radical (unpaired) electrons. The third-order valence-corrected chi connectivity index (χ3v) is 7.66. The van der Waals surface area contributed by atoms with Crippen molar-refractivity contribution in [3.8, 4) is 16.9 Å². The van der Waals surface area contributed by atoms with Crippen LogP contribution in [0.1, 0.15) is 10.4 Å². The summed E-state index contributed by atoms with van der Waals surface area (Å²) in [5.74, 6) is -0.338. The summed E-state index contributed by atoms with van der Waals surface area (Å²) in [6, 6.07) is 25.3. The van der Waals surface area contributed by atoms with E-state index in [0.717, 1.165) is 11.3 Å². The first-order valence-electron chi connectivity index (χ1n) is 11.2. The third kappa shape index (κ3) is 4.88. The van der Waals surface area contributed by atoms with Crippen molar-refractivity contribution >= 4 is 21.6 Å². The van der Waals surface area contributed by atoms with Crippen molar-refractivity contribution in [2.24, 2.45) is 0 Å². The molecule has 1 aliphatic rings. The molecule has 0 spiro atoms. The van der Waals surface area contributed by atoms with Crippen LogP contribution >= 0.6 is 0 Å². The Morgan fingerprint density at radius 2 is 1.49 bits per heavy atom. The highest BCUT2D eigenvalue weighted by Crippen LogP contribution is 2.25. The molecule has 0 bridgehead atoms. The number of nitrogens with zero attached hydrogens (tertiary/aromatic N) is 3. The summed E-state index contributed by atoms with van der Waals surface area (Å²) in [4.78, 5) is 13.5. The molecule has 3 aromatic carbocycles. The van der Waals surface area contributed by atoms with Gasteiger partial charge >= 0.3 is 0 Å². The Labute approximate surface area is 203 Å². The van der Waals surface area contributed by atoms with Gasteiger partial charge in [-0.2, -0.15) is 9.40 Å². The summed E-state index contributed by atoms with van der Waals surface area (Å²) in [6.07, 6.45) is 1.70. The number of sulfonamides is 1. The van der Waals surface area contributed by atoms with E-state index in [0.29, 0.717) is 43.2 Å². The normalized spacial score (nSPS) is 14.5. The number of hydrogen-bond donors (Lipinski definition) is 1. The van der Waals surface area contributed by atoms with E-state index in [1.165, 1.54) is 16.4 Å². The summed E-state index contributed by atoms with van der Waals surface area (Å²) in [5.41, 5.74) is 3.10. The average Bonchev–Trinajstić information content (AvgIpc) is 3.36. The van der Waals surface area contributed by atoms with Crippen LogP contribution in [0.5, 0.6) is 0 Å². The first-order chi connectivity index (χ1) is 17.0. The van der Waals surface area contributed by atoms with Gasteiger partial charge in [0.25, 0.3) is 5.91 Å². The van der Waals surface area contributed by atoms with Crippen molar-refractivity contribution in [3.05, 3.63) is 96.7 Å². The van der Waals surface area contributed by atoms with Crippen molar-refractivity contribution in [2.45, 2.75) is 4.90 Å². The number of carbonyl (C=O) groups is 1. The summed E-state index contributed by atoms with van der Waals surface area (Å²) in [5, 5.41) is 7.54. The van der Waals surface area contributed by atoms with Gasteiger partial charge in [0.2, 0.25) is 10.0 Å². The number of nitrogens with one attached hydrogen (secondary N) is 1. The molecule has 1 aromatic heterocycles. The van der Waals surface area contributed by atoms with Gasteiger partial charge in [-0.25, -0.2) is 13.1 Å². The van der Waals surface area contributed by atoms with Gasteiger partial charge in [0, 0.05) is 30.5 Å². The topological polar surface area (TPSA) is 93.5 Å². The number of ether oxygens (including phenoxy) is 1. The Kier molecular flexibility index (Phi) is 6.45. The number of rotatable bonds is 6. The largest absolute Gasteiger partial charge is 0.379 e. The van der Waals surface area contributed by atoms with Gasteiger partial charge < -0.3 is 10.1 Å². The molecule has 35 heavy (non-hydrogen) atoms. The van der Waals surface area contributed by atoms with E-state index in [4.69, 9.17) is 4.74 Å². The van der Waals surface area contributed by atoms with Crippen LogP contribution in [0.15, 0.2) is 96.0 Å². The second-order valence-corrected chi connectivity index (χ2v) is 9.97. The zero-order valence-electron chi connectivity index (χ0n) is 18.9. The van der Waals surface area contributed by atoms with Crippen molar-refractivity contribution in [1.82, 2.24) is 14.1 Å². The molecular weight excluding hydrogens is 464 g/mol. The van der Waals surface area contributed by atoms with E-state index in [1.54, 1.807) is 23.0 Å². The van der Waals surface area contributed by atoms with Gasteiger partial charge in [0.05, 0.1) is 29.4 Å². The Balaban J connectivity index is 1.41. The fourth-order valence-corrected chi connectivity index (χ4v) is 5.31. The number of hydrogen-bond acceptors (Lipinski definition) is 5. The molecule has 0 saturated carbocycles. The maximum absolute atomic E-state index is 13.3. The molecule has 1 saturated heterocycles. The summed E-state index contributed by atoms with van der Waals surface area (Å²) in [6.45, 7) is 1.42. The Hall–Kier alpha value is -3.79. The lowest BCUT2D eigenvalue weighted by Gasteiger charge is -2.26. The highest BCUT2D eigenvalue weighted by Gasteiger charge is 2.26. The quantitative estimate of drug-likeness (QED) is 0.446. The van der Waals surface area contributed by atoms with Crippen molar-refractivity contribution < 1.29 is 17.9 Å². The van der Waals surface area contributed by atoms with Gasteiger partial charge in [0.1, 0.15) is 5.69 Å². The van der Waals surface area contributed by atoms with Crippen LogP contribution in [-0.4, -0.2) is 54.7 Å². The highest BCUT2D eigenvalue weighted by atomic mass is 32.2. The molecule has 1 fully saturated rings. The molecule has 8 nitrogen and oxygen atoms in total. The van der Waals surface area contributed by atoms with E-state index < -0.39 is 10.0 Å². The lowest BCUT2D eigenvalue weighted by molar-refractivity contribution is 0.0730. The minimum atomic E-state index is -3.60. The Bertz CT molecular complexity index is 1410. The molecule has 0 atom stereocenters. The molecule has 5 rings (SSSR count). The molecule has 9 heteroatoms. The van der Waals surface area contributed by atoms with Crippen LogP contribution < -0.4 is 5.32 Å². The minimum Gasteiger partial charge on any atom is -0.379 e. The maximum Gasteiger partial charge on any atom is 0.259 e. The molecule has 1 amide bonds. The van der Waals surface area contributed by atoms with E-state index in [9.17, 15) is 13.2 Å². The van der Waals surface area contributed by atoms with Crippen molar-refractivity contribution in [2.75, 3.05) is 31.6 Å². The molecule has 1 aliphatic heterocycles. The Morgan fingerprint density at radius 1 is 0.857 bits per heavy atom. The number of aromatic nitrogens is 2. The molecular formula is C26H24N4O4S. The number of para-hydroxylation sites is 1. The van der Waals surface area contributed by atoms with Gasteiger partial charge in [-0.3, -0.25) is 4.79 Å². The second-order valence-electron chi connectivity index (χ2n) is 8.03. The van der Waals surface area contributed by atoms with Crippen molar-refractivity contribution in [1.29, 1.82) is 0 Å². The molecule has 0 aliphatic carbocycles. The molecule has 1 N–H and O–H groups in total. The lowest BCUT2D eigenvalue weighted by Crippen LogP contribution is -2.40. The smallest absolute Gasteiger partial charge is 0.259 e. The van der Waals surface area contributed by atoms with Crippen LogP contribution in [0, 0.1) is 0 Å². The van der Waals surface area contributed by atoms with E-state index in [2.05, 4.69) is 10.4 Å². The van der Waals surface area contributed by atoms with Gasteiger partial charge in [0.15, 0.2) is 0 Å². The summed E-state index contributed by atoms with van der Waals surface area (Å²) in [7, 11) is -3.60. The molecule has 0 unspecified atom stereocenters. The highest BCUT2D eigenvalue weighted by molar-refractivity contribution is 7.89. The van der Waals surface area contributed by atoms with Crippen molar-refractivity contribution in [3.63, 3.8) is 0 Å². The first-order valence-corrected chi connectivity index (χ1v) is 12.7. The SMILES string of the molecule is O=C(Nc1ccc(S(=O)(=O)N2CCOCC2)cc1)c1cn(-c2ccccc2)nc1-c1ccccc1. The van der Waals surface area contributed by atoms with Crippen LogP contribution in [0.2, 0.25) is 0 Å². The number of anilines is 1. The third-order valence-electron chi connectivity index (χ3n) is 5.75. The fourth-order valence-electron chi connectivity index (χ4n) is 3.91. The number of carbonyl (C=O) groups excluding carboxylic acids is 1. The standard InChI is InChI=1S/C26H24N4O4S/c31-26(27-21-11-13-23(14-12-21)35(32,33)29-15-17-34-18-16-29)24-19-30(22-9-5-2-6-10-22)28-25(24)20-7-3-1-4-8-20/h1-14,19H,15-18H2,(H,27,31). The number of amides is 1. The maximum atomic E-state index is 13.3. The molecule has 2 heterocycles. The van der Waals surface area contributed by atoms with E-state index in [1.807, 2.05) is 60.7 Å². The average molecular weight is 489 g/mol. The zero-order valence-corrected chi connectivity index (χ0v) is 19.7. The van der Waals surface area contributed by atoms with Gasteiger partial charge in [-0.05, 0) is 36.4 Å². The second kappa shape index (κ2) is 9.83. The minimum absolute atomic E-state index is 0.180.